The van der Waals surface area contributed by atoms with Crippen molar-refractivity contribution >= 4 is 17.0 Å². The summed E-state index contributed by atoms with van der Waals surface area (Å²) in [5.41, 5.74) is 5.38. The number of benzene rings is 1. The van der Waals surface area contributed by atoms with Crippen LogP contribution in [0, 0.1) is 0 Å². The summed E-state index contributed by atoms with van der Waals surface area (Å²) in [5, 5.41) is 1.64. The number of carbonyl (C=O) groups is 1. The summed E-state index contributed by atoms with van der Waals surface area (Å²) < 4.78 is 5.21. The maximum atomic E-state index is 11.5. The summed E-state index contributed by atoms with van der Waals surface area (Å²) in [5.74, 6) is 0.00710. The number of nitrogens with one attached hydrogen (secondary N) is 1. The first-order valence-electron chi connectivity index (χ1n) is 5.44. The number of hydrogen-bond donors (Lipinski definition) is 1. The SMILES string of the molecule is CN(C)NC(=O)CCc1ccc2ncoc2c1. The van der Waals surface area contributed by atoms with Gasteiger partial charge in [-0.3, -0.25) is 10.2 Å². The van der Waals surface area contributed by atoms with Crippen molar-refractivity contribution in [2.45, 2.75) is 12.8 Å². The molecule has 1 amide bonds. The van der Waals surface area contributed by atoms with Gasteiger partial charge in [0.05, 0.1) is 0 Å². The molecule has 0 unspecified atom stereocenters. The molecule has 1 aromatic carbocycles. The molecular weight excluding hydrogens is 218 g/mol. The van der Waals surface area contributed by atoms with Crippen LogP contribution in [0.15, 0.2) is 29.0 Å². The average molecular weight is 233 g/mol. The maximum Gasteiger partial charge on any atom is 0.234 e. The van der Waals surface area contributed by atoms with Crippen molar-refractivity contribution in [3.05, 3.63) is 30.2 Å². The molecule has 2 rings (SSSR count). The van der Waals surface area contributed by atoms with Crippen LogP contribution in [-0.2, 0) is 11.2 Å². The van der Waals surface area contributed by atoms with E-state index in [0.29, 0.717) is 12.8 Å². The van der Waals surface area contributed by atoms with Crippen molar-refractivity contribution < 1.29 is 9.21 Å². The van der Waals surface area contributed by atoms with E-state index in [1.165, 1.54) is 6.39 Å². The third-order valence-electron chi connectivity index (χ3n) is 2.38. The number of hydrazine groups is 1. The van der Waals surface area contributed by atoms with Crippen LogP contribution in [0.1, 0.15) is 12.0 Å². The molecule has 0 atom stereocenters. The fourth-order valence-electron chi connectivity index (χ4n) is 1.62. The molecule has 0 saturated carbocycles. The van der Waals surface area contributed by atoms with Crippen LogP contribution in [0.4, 0.5) is 0 Å². The Morgan fingerprint density at radius 1 is 1.47 bits per heavy atom. The normalized spacial score (nSPS) is 11.0. The molecule has 0 aliphatic rings. The Bertz CT molecular complexity index is 519. The van der Waals surface area contributed by atoms with Crippen LogP contribution in [0.5, 0.6) is 0 Å². The molecule has 1 heterocycles. The van der Waals surface area contributed by atoms with E-state index in [2.05, 4.69) is 10.4 Å². The number of fused-ring (bicyclic) bond motifs is 1. The fourth-order valence-corrected chi connectivity index (χ4v) is 1.62. The van der Waals surface area contributed by atoms with Crippen LogP contribution in [-0.4, -0.2) is 30.0 Å². The number of amides is 1. The second kappa shape index (κ2) is 4.97. The number of carbonyl (C=O) groups excluding carboxylic acids is 1. The molecule has 0 saturated heterocycles. The Kier molecular flexibility index (Phi) is 3.39. The first-order valence-corrected chi connectivity index (χ1v) is 5.44. The smallest absolute Gasteiger partial charge is 0.234 e. The first kappa shape index (κ1) is 11.6. The molecule has 0 fully saturated rings. The molecular formula is C12H15N3O2. The number of aryl methyl sites for hydroxylation is 1. The highest BCUT2D eigenvalue weighted by Crippen LogP contribution is 2.15. The van der Waals surface area contributed by atoms with Gasteiger partial charge in [0.2, 0.25) is 5.91 Å². The van der Waals surface area contributed by atoms with Gasteiger partial charge in [0.15, 0.2) is 12.0 Å². The zero-order valence-electron chi connectivity index (χ0n) is 9.93. The van der Waals surface area contributed by atoms with Gasteiger partial charge >= 0.3 is 0 Å². The Hall–Kier alpha value is -1.88. The number of nitrogens with zero attached hydrogens (tertiary/aromatic N) is 2. The zero-order valence-corrected chi connectivity index (χ0v) is 9.93. The van der Waals surface area contributed by atoms with E-state index in [1.807, 2.05) is 18.2 Å². The monoisotopic (exact) mass is 233 g/mol. The molecule has 0 aliphatic carbocycles. The van der Waals surface area contributed by atoms with Crippen molar-refractivity contribution in [1.82, 2.24) is 15.4 Å². The Labute approximate surface area is 99.4 Å². The molecule has 0 bridgehead atoms. The van der Waals surface area contributed by atoms with Gasteiger partial charge < -0.3 is 4.42 Å². The standard InChI is InChI=1S/C12H15N3O2/c1-15(2)14-12(16)6-4-9-3-5-10-11(7-9)17-8-13-10/h3,5,7-8H,4,6H2,1-2H3,(H,14,16). The molecule has 90 valence electrons. The van der Waals surface area contributed by atoms with Crippen LogP contribution in [0.2, 0.25) is 0 Å². The lowest BCUT2D eigenvalue weighted by Gasteiger charge is -2.11. The van der Waals surface area contributed by atoms with Crippen molar-refractivity contribution in [3.63, 3.8) is 0 Å². The third kappa shape index (κ3) is 3.04. The van der Waals surface area contributed by atoms with Gasteiger partial charge in [-0.2, -0.15) is 0 Å². The predicted molar refractivity (Wildman–Crippen MR) is 64.2 cm³/mol. The minimum Gasteiger partial charge on any atom is -0.443 e. The van der Waals surface area contributed by atoms with Gasteiger partial charge in [-0.1, -0.05) is 6.07 Å². The lowest BCUT2D eigenvalue weighted by Crippen LogP contribution is -2.36. The van der Waals surface area contributed by atoms with Crippen LogP contribution in [0.25, 0.3) is 11.1 Å². The van der Waals surface area contributed by atoms with Crippen LogP contribution < -0.4 is 5.43 Å². The van der Waals surface area contributed by atoms with E-state index < -0.39 is 0 Å². The molecule has 1 N–H and O–H groups in total. The van der Waals surface area contributed by atoms with Crippen molar-refractivity contribution in [2.24, 2.45) is 0 Å². The Morgan fingerprint density at radius 2 is 2.29 bits per heavy atom. The maximum absolute atomic E-state index is 11.5. The van der Waals surface area contributed by atoms with Crippen molar-refractivity contribution in [2.75, 3.05) is 14.1 Å². The van der Waals surface area contributed by atoms with Gasteiger partial charge in [0.25, 0.3) is 0 Å². The van der Waals surface area contributed by atoms with Crippen LogP contribution >= 0.6 is 0 Å². The third-order valence-corrected chi connectivity index (χ3v) is 2.38. The number of oxazole rings is 1. The van der Waals surface area contributed by atoms with Crippen LogP contribution in [0.3, 0.4) is 0 Å². The molecule has 2 aromatic rings. The highest BCUT2D eigenvalue weighted by atomic mass is 16.3. The largest absolute Gasteiger partial charge is 0.443 e. The number of rotatable bonds is 4. The molecule has 0 radical (unpaired) electrons. The van der Waals surface area contributed by atoms with E-state index in [1.54, 1.807) is 19.1 Å². The summed E-state index contributed by atoms with van der Waals surface area (Å²) in [6.07, 6.45) is 2.57. The summed E-state index contributed by atoms with van der Waals surface area (Å²) in [4.78, 5) is 15.5. The highest BCUT2D eigenvalue weighted by Gasteiger charge is 2.04. The van der Waals surface area contributed by atoms with Crippen molar-refractivity contribution in [3.8, 4) is 0 Å². The Morgan fingerprint density at radius 3 is 3.06 bits per heavy atom. The average Bonchev–Trinajstić information content (AvgIpc) is 2.72. The van der Waals surface area contributed by atoms with Gasteiger partial charge in [-0.15, -0.1) is 0 Å². The second-order valence-electron chi connectivity index (χ2n) is 4.08. The Balaban J connectivity index is 1.96. The molecule has 17 heavy (non-hydrogen) atoms. The topological polar surface area (TPSA) is 58.4 Å². The molecule has 0 spiro atoms. The summed E-state index contributed by atoms with van der Waals surface area (Å²) in [6, 6.07) is 5.79. The quantitative estimate of drug-likeness (QED) is 0.810. The van der Waals surface area contributed by atoms with Gasteiger partial charge in [0, 0.05) is 20.5 Å². The fraction of sp³-hybridized carbons (Fsp3) is 0.333. The lowest BCUT2D eigenvalue weighted by molar-refractivity contribution is -0.124. The van der Waals surface area contributed by atoms with E-state index in [9.17, 15) is 4.79 Å². The number of hydrogen-bond acceptors (Lipinski definition) is 4. The van der Waals surface area contributed by atoms with Gasteiger partial charge in [-0.05, 0) is 24.1 Å². The second-order valence-corrected chi connectivity index (χ2v) is 4.08. The van der Waals surface area contributed by atoms with E-state index in [4.69, 9.17) is 4.42 Å². The van der Waals surface area contributed by atoms with Gasteiger partial charge in [0.1, 0.15) is 5.52 Å². The lowest BCUT2D eigenvalue weighted by atomic mass is 10.1. The first-order chi connectivity index (χ1) is 8.15. The highest BCUT2D eigenvalue weighted by molar-refractivity contribution is 5.76. The van der Waals surface area contributed by atoms with E-state index >= 15 is 0 Å². The molecule has 5 nitrogen and oxygen atoms in total. The van der Waals surface area contributed by atoms with Crippen molar-refractivity contribution in [1.29, 1.82) is 0 Å². The van der Waals surface area contributed by atoms with E-state index in [-0.39, 0.29) is 5.91 Å². The van der Waals surface area contributed by atoms with Gasteiger partial charge in [-0.25, -0.2) is 9.99 Å². The number of aromatic nitrogens is 1. The summed E-state index contributed by atoms with van der Waals surface area (Å²) in [7, 11) is 3.58. The molecule has 0 aliphatic heterocycles. The zero-order chi connectivity index (χ0) is 12.3. The minimum atomic E-state index is 0.00710. The summed E-state index contributed by atoms with van der Waals surface area (Å²) in [6.45, 7) is 0. The minimum absolute atomic E-state index is 0.00710. The predicted octanol–water partition coefficient (Wildman–Crippen LogP) is 1.35. The molecule has 1 aromatic heterocycles. The van der Waals surface area contributed by atoms with E-state index in [0.717, 1.165) is 16.7 Å². The molecule has 5 heteroatoms. The summed E-state index contributed by atoms with van der Waals surface area (Å²) >= 11 is 0.